The first-order valence-corrected chi connectivity index (χ1v) is 8.45. The SMILES string of the molecule is COc1ccc(O)c(NC(=S)NC(=O)c2cccc3c(Cl)cccc23)c1. The number of nitrogens with one attached hydrogen (secondary N) is 2. The van der Waals surface area contributed by atoms with Crippen LogP contribution >= 0.6 is 23.8 Å². The summed E-state index contributed by atoms with van der Waals surface area (Å²) in [7, 11) is 1.52. The van der Waals surface area contributed by atoms with Gasteiger partial charge in [-0.25, -0.2) is 0 Å². The molecule has 7 heteroatoms. The quantitative estimate of drug-likeness (QED) is 0.461. The van der Waals surface area contributed by atoms with Crippen molar-refractivity contribution in [3.05, 3.63) is 65.2 Å². The van der Waals surface area contributed by atoms with Crippen molar-refractivity contribution in [3.8, 4) is 11.5 Å². The van der Waals surface area contributed by atoms with Crippen LogP contribution < -0.4 is 15.4 Å². The van der Waals surface area contributed by atoms with Crippen LogP contribution in [0, 0.1) is 0 Å². The molecular formula is C19H15ClN2O3S. The van der Waals surface area contributed by atoms with Gasteiger partial charge in [0.05, 0.1) is 12.8 Å². The summed E-state index contributed by atoms with van der Waals surface area (Å²) >= 11 is 11.4. The van der Waals surface area contributed by atoms with Crippen LogP contribution in [0.25, 0.3) is 10.8 Å². The predicted molar refractivity (Wildman–Crippen MR) is 107 cm³/mol. The van der Waals surface area contributed by atoms with Crippen molar-refractivity contribution >= 4 is 51.3 Å². The van der Waals surface area contributed by atoms with Crippen molar-refractivity contribution in [1.82, 2.24) is 5.32 Å². The molecule has 0 saturated carbocycles. The Hall–Kier alpha value is -2.83. The normalized spacial score (nSPS) is 10.4. The Morgan fingerprint density at radius 1 is 1.12 bits per heavy atom. The third kappa shape index (κ3) is 3.71. The number of benzene rings is 3. The number of ether oxygens (including phenoxy) is 1. The summed E-state index contributed by atoms with van der Waals surface area (Å²) < 4.78 is 5.11. The van der Waals surface area contributed by atoms with Gasteiger partial charge in [-0.3, -0.25) is 10.1 Å². The highest BCUT2D eigenvalue weighted by Crippen LogP contribution is 2.28. The van der Waals surface area contributed by atoms with Gasteiger partial charge in [-0.1, -0.05) is 35.9 Å². The van der Waals surface area contributed by atoms with Crippen LogP contribution in [0.4, 0.5) is 5.69 Å². The largest absolute Gasteiger partial charge is 0.506 e. The fraction of sp³-hybridized carbons (Fsp3) is 0.0526. The van der Waals surface area contributed by atoms with E-state index in [1.165, 1.54) is 13.2 Å². The van der Waals surface area contributed by atoms with E-state index in [0.717, 1.165) is 10.8 Å². The molecule has 132 valence electrons. The predicted octanol–water partition coefficient (Wildman–Crippen LogP) is 4.33. The van der Waals surface area contributed by atoms with E-state index >= 15 is 0 Å². The molecular weight excluding hydrogens is 372 g/mol. The number of phenols is 1. The molecule has 26 heavy (non-hydrogen) atoms. The van der Waals surface area contributed by atoms with Gasteiger partial charge in [0.2, 0.25) is 0 Å². The Morgan fingerprint density at radius 2 is 1.85 bits per heavy atom. The van der Waals surface area contributed by atoms with Gasteiger partial charge >= 0.3 is 0 Å². The minimum Gasteiger partial charge on any atom is -0.506 e. The van der Waals surface area contributed by atoms with Crippen LogP contribution in [0.2, 0.25) is 5.02 Å². The minimum absolute atomic E-state index is 0.0145. The number of hydrogen-bond donors (Lipinski definition) is 3. The summed E-state index contributed by atoms with van der Waals surface area (Å²) in [6.45, 7) is 0. The first kappa shape index (κ1) is 18.0. The molecule has 3 N–H and O–H groups in total. The molecule has 5 nitrogen and oxygen atoms in total. The molecule has 0 heterocycles. The first-order valence-electron chi connectivity index (χ1n) is 7.66. The van der Waals surface area contributed by atoms with Crippen molar-refractivity contribution in [1.29, 1.82) is 0 Å². The van der Waals surface area contributed by atoms with Crippen LogP contribution in [0.5, 0.6) is 11.5 Å². The van der Waals surface area contributed by atoms with Crippen molar-refractivity contribution < 1.29 is 14.6 Å². The van der Waals surface area contributed by atoms with Gasteiger partial charge in [-0.15, -0.1) is 0 Å². The number of carbonyl (C=O) groups excluding carboxylic acids is 1. The zero-order valence-corrected chi connectivity index (χ0v) is 15.3. The molecule has 0 radical (unpaired) electrons. The highest BCUT2D eigenvalue weighted by atomic mass is 35.5. The van der Waals surface area contributed by atoms with Gasteiger partial charge in [0.25, 0.3) is 5.91 Å². The summed E-state index contributed by atoms with van der Waals surface area (Å²) in [5.41, 5.74) is 0.777. The third-order valence-electron chi connectivity index (χ3n) is 3.79. The zero-order chi connectivity index (χ0) is 18.7. The van der Waals surface area contributed by atoms with E-state index < -0.39 is 0 Å². The molecule has 0 bridgehead atoms. The Balaban J connectivity index is 1.80. The van der Waals surface area contributed by atoms with Crippen molar-refractivity contribution in [2.45, 2.75) is 0 Å². The maximum Gasteiger partial charge on any atom is 0.258 e. The summed E-state index contributed by atoms with van der Waals surface area (Å²) in [4.78, 5) is 12.6. The molecule has 0 aliphatic carbocycles. The molecule has 0 aliphatic rings. The number of hydrogen-bond acceptors (Lipinski definition) is 4. The highest BCUT2D eigenvalue weighted by Gasteiger charge is 2.13. The van der Waals surface area contributed by atoms with Gasteiger partial charge in [0, 0.05) is 22.0 Å². The maximum atomic E-state index is 12.6. The van der Waals surface area contributed by atoms with E-state index in [2.05, 4.69) is 10.6 Å². The lowest BCUT2D eigenvalue weighted by molar-refractivity contribution is 0.0979. The fourth-order valence-corrected chi connectivity index (χ4v) is 2.98. The van der Waals surface area contributed by atoms with Crippen LogP contribution in [-0.4, -0.2) is 23.2 Å². The van der Waals surface area contributed by atoms with E-state index in [4.69, 9.17) is 28.6 Å². The summed E-state index contributed by atoms with van der Waals surface area (Å²) in [5, 5.41) is 17.4. The second-order valence-electron chi connectivity index (χ2n) is 5.43. The molecule has 0 spiro atoms. The average Bonchev–Trinajstić information content (AvgIpc) is 2.63. The Labute approximate surface area is 160 Å². The number of phenolic OH excluding ortho intramolecular Hbond substituents is 1. The summed E-state index contributed by atoms with van der Waals surface area (Å²) in [5.74, 6) is 0.153. The fourth-order valence-electron chi connectivity index (χ4n) is 2.54. The van der Waals surface area contributed by atoms with Gasteiger partial charge < -0.3 is 15.2 Å². The number of rotatable bonds is 3. The Morgan fingerprint density at radius 3 is 2.62 bits per heavy atom. The number of amides is 1. The topological polar surface area (TPSA) is 70.6 Å². The first-order chi connectivity index (χ1) is 12.5. The number of anilines is 1. The number of thiocarbonyl (C=S) groups is 1. The van der Waals surface area contributed by atoms with Crippen molar-refractivity contribution in [2.24, 2.45) is 0 Å². The molecule has 0 unspecified atom stereocenters. The second-order valence-corrected chi connectivity index (χ2v) is 6.25. The molecule has 3 rings (SSSR count). The highest BCUT2D eigenvalue weighted by molar-refractivity contribution is 7.80. The average molecular weight is 387 g/mol. The van der Waals surface area contributed by atoms with Gasteiger partial charge in [-0.05, 0) is 41.9 Å². The van der Waals surface area contributed by atoms with Gasteiger partial charge in [-0.2, -0.15) is 0 Å². The number of aromatic hydroxyl groups is 1. The number of carbonyl (C=O) groups is 1. The second kappa shape index (κ2) is 7.59. The van der Waals surface area contributed by atoms with Crippen LogP contribution in [0.3, 0.4) is 0 Å². The smallest absolute Gasteiger partial charge is 0.258 e. The minimum atomic E-state index is -0.377. The Kier molecular flexibility index (Phi) is 5.25. The van der Waals surface area contributed by atoms with E-state index in [0.29, 0.717) is 22.0 Å². The van der Waals surface area contributed by atoms with E-state index in [9.17, 15) is 9.90 Å². The summed E-state index contributed by atoms with van der Waals surface area (Å²) in [6, 6.07) is 15.3. The number of halogens is 1. The van der Waals surface area contributed by atoms with E-state index in [-0.39, 0.29) is 16.8 Å². The van der Waals surface area contributed by atoms with E-state index in [1.54, 1.807) is 36.4 Å². The monoisotopic (exact) mass is 386 g/mol. The van der Waals surface area contributed by atoms with Crippen LogP contribution in [0.15, 0.2) is 54.6 Å². The molecule has 0 fully saturated rings. The third-order valence-corrected chi connectivity index (χ3v) is 4.33. The van der Waals surface area contributed by atoms with E-state index in [1.807, 2.05) is 12.1 Å². The zero-order valence-electron chi connectivity index (χ0n) is 13.7. The molecule has 1 amide bonds. The number of methoxy groups -OCH3 is 1. The van der Waals surface area contributed by atoms with Crippen LogP contribution in [-0.2, 0) is 0 Å². The standard InChI is InChI=1S/C19H15ClN2O3S/c1-25-11-8-9-17(23)16(10-11)21-19(26)22-18(24)14-6-2-5-13-12(14)4-3-7-15(13)20/h2-10,23H,1H3,(H2,21,22,24,26). The van der Waals surface area contributed by atoms with Gasteiger partial charge in [0.1, 0.15) is 11.5 Å². The molecule has 0 atom stereocenters. The van der Waals surface area contributed by atoms with Gasteiger partial charge in [0.15, 0.2) is 5.11 Å². The van der Waals surface area contributed by atoms with Crippen molar-refractivity contribution in [3.63, 3.8) is 0 Å². The lowest BCUT2D eigenvalue weighted by Crippen LogP contribution is -2.34. The van der Waals surface area contributed by atoms with Crippen LogP contribution in [0.1, 0.15) is 10.4 Å². The molecule has 0 aliphatic heterocycles. The molecule has 3 aromatic carbocycles. The lowest BCUT2D eigenvalue weighted by atomic mass is 10.0. The molecule has 0 aromatic heterocycles. The van der Waals surface area contributed by atoms with Crippen molar-refractivity contribution in [2.75, 3.05) is 12.4 Å². The lowest BCUT2D eigenvalue weighted by Gasteiger charge is -2.13. The maximum absolute atomic E-state index is 12.6. The Bertz CT molecular complexity index is 1010. The molecule has 3 aromatic rings. The number of fused-ring (bicyclic) bond motifs is 1. The molecule has 0 saturated heterocycles. The summed E-state index contributed by atoms with van der Waals surface area (Å²) in [6.07, 6.45) is 0.